The highest BCUT2D eigenvalue weighted by molar-refractivity contribution is 5.90. The molecule has 0 fully saturated rings. The molecule has 0 unspecified atom stereocenters. The van der Waals surface area contributed by atoms with Crippen molar-refractivity contribution in [2.24, 2.45) is 11.6 Å². The highest BCUT2D eigenvalue weighted by atomic mass is 16.2. The fraction of sp³-hybridized carbons (Fsp3) is 0.375. The molecule has 1 aromatic rings. The number of nitrogens with zero attached hydrogens (tertiary/aromatic N) is 2. The lowest BCUT2D eigenvalue weighted by Crippen LogP contribution is -2.29. The molecule has 0 saturated heterocycles. The van der Waals surface area contributed by atoms with Crippen molar-refractivity contribution in [1.29, 1.82) is 0 Å². The molecule has 2 amide bonds. The Labute approximate surface area is 86.4 Å². The number of hydrogen-bond donors (Lipinski definition) is 3. The van der Waals surface area contributed by atoms with Crippen LogP contribution >= 0.6 is 0 Å². The van der Waals surface area contributed by atoms with E-state index < -0.39 is 5.91 Å². The number of hydrogen-bond acceptors (Lipinski definition) is 4. The fourth-order valence-corrected chi connectivity index (χ4v) is 1.09. The van der Waals surface area contributed by atoms with Crippen molar-refractivity contribution >= 4 is 11.8 Å². The Kier molecular flexibility index (Phi) is 3.81. The number of amides is 2. The number of aryl methyl sites for hydroxylation is 1. The van der Waals surface area contributed by atoms with Gasteiger partial charge in [0.25, 0.3) is 5.91 Å². The molecule has 0 spiro atoms. The van der Waals surface area contributed by atoms with Crippen molar-refractivity contribution in [2.45, 2.75) is 19.4 Å². The summed E-state index contributed by atoms with van der Waals surface area (Å²) in [5.74, 6) is 4.13. The minimum atomic E-state index is -0.562. The monoisotopic (exact) mass is 211 g/mol. The van der Waals surface area contributed by atoms with Crippen LogP contribution in [0.2, 0.25) is 0 Å². The smallest absolute Gasteiger partial charge is 0.269 e. The van der Waals surface area contributed by atoms with E-state index in [1.165, 1.54) is 6.07 Å². The van der Waals surface area contributed by atoms with E-state index in [9.17, 15) is 9.59 Å². The summed E-state index contributed by atoms with van der Waals surface area (Å²) in [7, 11) is 0. The second-order valence-corrected chi connectivity index (χ2v) is 3.00. The average molecular weight is 211 g/mol. The van der Waals surface area contributed by atoms with Crippen molar-refractivity contribution in [1.82, 2.24) is 15.2 Å². The number of rotatable bonds is 5. The third-order valence-electron chi connectivity index (χ3n) is 1.85. The van der Waals surface area contributed by atoms with Gasteiger partial charge in [0.15, 0.2) is 0 Å². The van der Waals surface area contributed by atoms with E-state index in [4.69, 9.17) is 11.6 Å². The van der Waals surface area contributed by atoms with Crippen molar-refractivity contribution in [2.75, 3.05) is 0 Å². The van der Waals surface area contributed by atoms with Crippen molar-refractivity contribution in [3.8, 4) is 0 Å². The van der Waals surface area contributed by atoms with Gasteiger partial charge in [0.05, 0.1) is 0 Å². The first-order chi connectivity index (χ1) is 7.13. The topological polar surface area (TPSA) is 116 Å². The summed E-state index contributed by atoms with van der Waals surface area (Å²) in [6.45, 7) is 0.542. The predicted molar refractivity (Wildman–Crippen MR) is 52.3 cm³/mol. The number of aromatic nitrogens is 2. The molecule has 1 rings (SSSR count). The van der Waals surface area contributed by atoms with Crippen LogP contribution in [-0.2, 0) is 11.3 Å². The number of nitrogens with one attached hydrogen (secondary N) is 1. The Morgan fingerprint density at radius 1 is 1.53 bits per heavy atom. The number of carbonyl (C=O) groups is 2. The number of primary amides is 1. The third-order valence-corrected chi connectivity index (χ3v) is 1.85. The van der Waals surface area contributed by atoms with Crippen LogP contribution in [0.3, 0.4) is 0 Å². The maximum Gasteiger partial charge on any atom is 0.269 e. The van der Waals surface area contributed by atoms with Crippen LogP contribution in [0.25, 0.3) is 0 Å². The normalized spacial score (nSPS) is 9.93. The maximum absolute atomic E-state index is 10.8. The summed E-state index contributed by atoms with van der Waals surface area (Å²) in [5, 5.41) is 3.91. The predicted octanol–water partition coefficient (Wildman–Crippen LogP) is -1.25. The summed E-state index contributed by atoms with van der Waals surface area (Å²) < 4.78 is 1.56. The Balaban J connectivity index is 2.38. The summed E-state index contributed by atoms with van der Waals surface area (Å²) >= 11 is 0. The van der Waals surface area contributed by atoms with Gasteiger partial charge in [-0.2, -0.15) is 5.10 Å². The first-order valence-electron chi connectivity index (χ1n) is 4.46. The fourth-order valence-electron chi connectivity index (χ4n) is 1.09. The molecule has 0 aliphatic heterocycles. The molecule has 82 valence electrons. The molecule has 15 heavy (non-hydrogen) atoms. The maximum atomic E-state index is 10.8. The minimum absolute atomic E-state index is 0.221. The first-order valence-corrected chi connectivity index (χ1v) is 4.46. The van der Waals surface area contributed by atoms with Crippen LogP contribution in [0.15, 0.2) is 12.3 Å². The van der Waals surface area contributed by atoms with Crippen LogP contribution in [0.4, 0.5) is 0 Å². The lowest BCUT2D eigenvalue weighted by molar-refractivity contribution is -0.121. The summed E-state index contributed by atoms with van der Waals surface area (Å²) in [4.78, 5) is 21.5. The molecule has 1 heterocycles. The molecule has 0 saturated carbocycles. The van der Waals surface area contributed by atoms with E-state index in [1.807, 2.05) is 5.43 Å². The first kappa shape index (κ1) is 11.2. The molecule has 7 heteroatoms. The second kappa shape index (κ2) is 5.11. The van der Waals surface area contributed by atoms with Gasteiger partial charge in [-0.25, -0.2) is 5.84 Å². The molecular formula is C8H13N5O2. The average Bonchev–Trinajstić information content (AvgIpc) is 2.66. The van der Waals surface area contributed by atoms with Gasteiger partial charge in [0.2, 0.25) is 5.91 Å². The van der Waals surface area contributed by atoms with E-state index in [1.54, 1.807) is 10.9 Å². The molecule has 0 aliphatic rings. The molecule has 0 atom stereocenters. The van der Waals surface area contributed by atoms with Gasteiger partial charge in [0, 0.05) is 19.2 Å². The van der Waals surface area contributed by atoms with Gasteiger partial charge in [-0.1, -0.05) is 0 Å². The van der Waals surface area contributed by atoms with Crippen molar-refractivity contribution in [3.05, 3.63) is 18.0 Å². The molecule has 5 N–H and O–H groups in total. The highest BCUT2D eigenvalue weighted by Crippen LogP contribution is 1.97. The zero-order valence-corrected chi connectivity index (χ0v) is 8.14. The lowest BCUT2D eigenvalue weighted by Gasteiger charge is -2.00. The molecule has 0 aromatic carbocycles. The van der Waals surface area contributed by atoms with Crippen molar-refractivity contribution < 1.29 is 9.59 Å². The van der Waals surface area contributed by atoms with Crippen molar-refractivity contribution in [3.63, 3.8) is 0 Å². The van der Waals surface area contributed by atoms with Gasteiger partial charge in [-0.15, -0.1) is 0 Å². The zero-order valence-electron chi connectivity index (χ0n) is 8.14. The summed E-state index contributed by atoms with van der Waals surface area (Å²) in [6.07, 6.45) is 2.56. The molecular weight excluding hydrogens is 198 g/mol. The molecule has 0 radical (unpaired) electrons. The Hall–Kier alpha value is -1.89. The Morgan fingerprint density at radius 2 is 2.27 bits per heavy atom. The summed E-state index contributed by atoms with van der Waals surface area (Å²) in [5.41, 5.74) is 7.28. The second-order valence-electron chi connectivity index (χ2n) is 3.00. The van der Waals surface area contributed by atoms with Crippen LogP contribution in [-0.4, -0.2) is 21.6 Å². The van der Waals surface area contributed by atoms with Crippen LogP contribution in [0.1, 0.15) is 23.3 Å². The Morgan fingerprint density at radius 3 is 2.80 bits per heavy atom. The van der Waals surface area contributed by atoms with Crippen LogP contribution in [0, 0.1) is 0 Å². The molecule has 7 nitrogen and oxygen atoms in total. The van der Waals surface area contributed by atoms with E-state index >= 15 is 0 Å². The van der Waals surface area contributed by atoms with Gasteiger partial charge < -0.3 is 5.73 Å². The minimum Gasteiger partial charge on any atom is -0.364 e. The highest BCUT2D eigenvalue weighted by Gasteiger charge is 2.04. The Bertz CT molecular complexity index is 360. The van der Waals surface area contributed by atoms with Gasteiger partial charge >= 0.3 is 0 Å². The van der Waals surface area contributed by atoms with E-state index in [0.717, 1.165) is 0 Å². The van der Waals surface area contributed by atoms with Crippen LogP contribution in [0.5, 0.6) is 0 Å². The number of hydrazine groups is 1. The van der Waals surface area contributed by atoms with E-state index in [2.05, 4.69) is 5.10 Å². The van der Waals surface area contributed by atoms with E-state index in [-0.39, 0.29) is 11.6 Å². The van der Waals surface area contributed by atoms with Crippen LogP contribution < -0.4 is 17.0 Å². The standard InChI is InChI=1S/C8H13N5O2/c9-8(15)6-3-5-13(12-6)4-1-2-7(14)11-10/h3,5H,1-2,4,10H2,(H2,9,15)(H,11,14). The summed E-state index contributed by atoms with van der Waals surface area (Å²) in [6, 6.07) is 1.53. The molecule has 0 aliphatic carbocycles. The van der Waals surface area contributed by atoms with Gasteiger partial charge in [-0.3, -0.25) is 19.7 Å². The zero-order chi connectivity index (χ0) is 11.3. The number of nitrogens with two attached hydrogens (primary N) is 2. The largest absolute Gasteiger partial charge is 0.364 e. The van der Waals surface area contributed by atoms with Gasteiger partial charge in [0.1, 0.15) is 5.69 Å². The molecule has 1 aromatic heterocycles. The lowest BCUT2D eigenvalue weighted by atomic mass is 10.3. The molecule has 0 bridgehead atoms. The number of carbonyl (C=O) groups excluding carboxylic acids is 2. The quantitative estimate of drug-likeness (QED) is 0.320. The SMILES string of the molecule is NNC(=O)CCCn1ccc(C(N)=O)n1. The third kappa shape index (κ3) is 3.39. The van der Waals surface area contributed by atoms with E-state index in [0.29, 0.717) is 19.4 Å². The van der Waals surface area contributed by atoms with Gasteiger partial charge in [-0.05, 0) is 12.5 Å².